The molecule has 0 aliphatic heterocycles. The van der Waals surface area contributed by atoms with E-state index in [4.69, 9.17) is 5.11 Å². The normalized spacial score (nSPS) is 10.8. The van der Waals surface area contributed by atoms with Crippen molar-refractivity contribution >= 4 is 5.97 Å². The van der Waals surface area contributed by atoms with Crippen LogP contribution in [0.3, 0.4) is 0 Å². The Balaban J connectivity index is 2.44. The average molecular weight is 271 g/mol. The van der Waals surface area contributed by atoms with E-state index in [0.717, 1.165) is 22.6 Å². The van der Waals surface area contributed by atoms with E-state index in [2.05, 4.69) is 56.5 Å². The highest BCUT2D eigenvalue weighted by atomic mass is 16.4. The number of carboxylic acid groups (broad SMARTS) is 1. The van der Waals surface area contributed by atoms with Crippen LogP contribution >= 0.6 is 0 Å². The Morgan fingerprint density at radius 3 is 2.20 bits per heavy atom. The molecule has 1 aromatic carbocycles. The molecule has 0 bridgehead atoms. The lowest BCUT2D eigenvalue weighted by molar-refractivity contribution is -0.136. The fraction of sp³-hybridized carbons (Fsp3) is 0.353. The van der Waals surface area contributed by atoms with Crippen molar-refractivity contribution in [3.63, 3.8) is 0 Å². The monoisotopic (exact) mass is 271 g/mol. The standard InChI is InChI=1S/C17H21NO2/c1-11-7-12(2)9-16(8-11)18-13(3)10-15(14(18)4)5-6-17(19)20/h7-10H,5-6H2,1-4H3,(H,19,20). The summed E-state index contributed by atoms with van der Waals surface area (Å²) in [6.45, 7) is 8.31. The van der Waals surface area contributed by atoms with Crippen LogP contribution in [0.4, 0.5) is 0 Å². The summed E-state index contributed by atoms with van der Waals surface area (Å²) in [4.78, 5) is 10.7. The van der Waals surface area contributed by atoms with Gasteiger partial charge in [-0.15, -0.1) is 0 Å². The number of nitrogens with zero attached hydrogens (tertiary/aromatic N) is 1. The maximum atomic E-state index is 10.7. The summed E-state index contributed by atoms with van der Waals surface area (Å²) in [5.74, 6) is -0.749. The molecule has 0 saturated heterocycles. The number of carboxylic acids is 1. The molecule has 0 radical (unpaired) electrons. The number of hydrogen-bond acceptors (Lipinski definition) is 1. The van der Waals surface area contributed by atoms with Gasteiger partial charge in [0, 0.05) is 23.5 Å². The zero-order chi connectivity index (χ0) is 14.9. The summed E-state index contributed by atoms with van der Waals surface area (Å²) in [7, 11) is 0. The van der Waals surface area contributed by atoms with E-state index in [1.54, 1.807) is 0 Å². The largest absolute Gasteiger partial charge is 0.481 e. The van der Waals surface area contributed by atoms with Crippen molar-refractivity contribution in [3.05, 3.63) is 52.3 Å². The van der Waals surface area contributed by atoms with Gasteiger partial charge in [-0.1, -0.05) is 6.07 Å². The van der Waals surface area contributed by atoms with Gasteiger partial charge in [-0.05, 0) is 69.0 Å². The molecule has 0 atom stereocenters. The van der Waals surface area contributed by atoms with Crippen LogP contribution < -0.4 is 0 Å². The van der Waals surface area contributed by atoms with Gasteiger partial charge < -0.3 is 9.67 Å². The predicted molar refractivity (Wildman–Crippen MR) is 80.7 cm³/mol. The maximum absolute atomic E-state index is 10.7. The molecule has 0 amide bonds. The lowest BCUT2D eigenvalue weighted by Gasteiger charge is -2.12. The molecule has 0 unspecified atom stereocenters. The summed E-state index contributed by atoms with van der Waals surface area (Å²) in [6.07, 6.45) is 0.761. The van der Waals surface area contributed by atoms with E-state index >= 15 is 0 Å². The van der Waals surface area contributed by atoms with Crippen LogP contribution in [0.1, 0.15) is 34.5 Å². The highest BCUT2D eigenvalue weighted by molar-refractivity contribution is 5.67. The molecule has 3 nitrogen and oxygen atoms in total. The lowest BCUT2D eigenvalue weighted by Crippen LogP contribution is -2.02. The fourth-order valence-corrected chi connectivity index (χ4v) is 2.80. The molecule has 106 valence electrons. The number of carbonyl (C=O) groups is 1. The first-order valence-corrected chi connectivity index (χ1v) is 6.87. The Labute approximate surface area is 119 Å². The molecule has 2 aromatic rings. The highest BCUT2D eigenvalue weighted by Crippen LogP contribution is 2.23. The topological polar surface area (TPSA) is 42.2 Å². The first kappa shape index (κ1) is 14.4. The molecular formula is C17H21NO2. The molecule has 1 aromatic heterocycles. The smallest absolute Gasteiger partial charge is 0.303 e. The minimum atomic E-state index is -0.749. The Hall–Kier alpha value is -2.03. The number of aromatic nitrogens is 1. The zero-order valence-electron chi connectivity index (χ0n) is 12.5. The summed E-state index contributed by atoms with van der Waals surface area (Å²) < 4.78 is 2.21. The van der Waals surface area contributed by atoms with E-state index in [1.165, 1.54) is 11.1 Å². The average Bonchev–Trinajstić information content (AvgIpc) is 2.60. The second kappa shape index (κ2) is 5.53. The summed E-state index contributed by atoms with van der Waals surface area (Å²) >= 11 is 0. The van der Waals surface area contributed by atoms with Gasteiger partial charge in [-0.25, -0.2) is 0 Å². The van der Waals surface area contributed by atoms with Gasteiger partial charge >= 0.3 is 5.97 Å². The van der Waals surface area contributed by atoms with E-state index in [1.807, 2.05) is 0 Å². The van der Waals surface area contributed by atoms with E-state index in [9.17, 15) is 4.79 Å². The van der Waals surface area contributed by atoms with Crippen molar-refractivity contribution in [1.82, 2.24) is 4.57 Å². The van der Waals surface area contributed by atoms with Crippen molar-refractivity contribution in [2.45, 2.75) is 40.5 Å². The van der Waals surface area contributed by atoms with Crippen LogP contribution in [-0.4, -0.2) is 15.6 Å². The van der Waals surface area contributed by atoms with Crippen LogP contribution in [0.25, 0.3) is 5.69 Å². The SMILES string of the molecule is Cc1cc(C)cc(-n2c(C)cc(CCC(=O)O)c2C)c1. The Morgan fingerprint density at radius 1 is 1.05 bits per heavy atom. The molecule has 2 rings (SSSR count). The third-order valence-corrected chi connectivity index (χ3v) is 3.61. The molecule has 0 fully saturated rings. The van der Waals surface area contributed by atoms with Gasteiger partial charge in [-0.2, -0.15) is 0 Å². The number of rotatable bonds is 4. The Bertz CT molecular complexity index is 633. The Kier molecular flexibility index (Phi) is 3.98. The first-order chi connectivity index (χ1) is 9.38. The van der Waals surface area contributed by atoms with Crippen molar-refractivity contribution in [2.75, 3.05) is 0 Å². The van der Waals surface area contributed by atoms with Crippen molar-refractivity contribution in [1.29, 1.82) is 0 Å². The minimum Gasteiger partial charge on any atom is -0.481 e. The summed E-state index contributed by atoms with van der Waals surface area (Å²) in [5.41, 5.74) is 7.02. The number of hydrogen-bond donors (Lipinski definition) is 1. The van der Waals surface area contributed by atoms with Gasteiger partial charge in [0.2, 0.25) is 0 Å². The number of benzene rings is 1. The van der Waals surface area contributed by atoms with Crippen LogP contribution in [0.2, 0.25) is 0 Å². The van der Waals surface area contributed by atoms with E-state index < -0.39 is 5.97 Å². The quantitative estimate of drug-likeness (QED) is 0.920. The van der Waals surface area contributed by atoms with E-state index in [0.29, 0.717) is 6.42 Å². The summed E-state index contributed by atoms with van der Waals surface area (Å²) in [5, 5.41) is 8.82. The predicted octanol–water partition coefficient (Wildman–Crippen LogP) is 3.73. The molecule has 0 aliphatic rings. The first-order valence-electron chi connectivity index (χ1n) is 6.87. The van der Waals surface area contributed by atoms with Gasteiger partial charge in [0.15, 0.2) is 0 Å². The van der Waals surface area contributed by atoms with Crippen LogP contribution in [-0.2, 0) is 11.2 Å². The lowest BCUT2D eigenvalue weighted by atomic mass is 10.1. The molecule has 0 saturated carbocycles. The molecule has 20 heavy (non-hydrogen) atoms. The number of aryl methyl sites for hydroxylation is 4. The van der Waals surface area contributed by atoms with E-state index in [-0.39, 0.29) is 6.42 Å². The molecule has 3 heteroatoms. The van der Waals surface area contributed by atoms with Crippen molar-refractivity contribution in [3.8, 4) is 5.69 Å². The van der Waals surface area contributed by atoms with Crippen molar-refractivity contribution < 1.29 is 9.90 Å². The van der Waals surface area contributed by atoms with Gasteiger partial charge in [0.25, 0.3) is 0 Å². The molecule has 0 aliphatic carbocycles. The molecule has 1 heterocycles. The molecule has 0 spiro atoms. The third-order valence-electron chi connectivity index (χ3n) is 3.61. The highest BCUT2D eigenvalue weighted by Gasteiger charge is 2.12. The van der Waals surface area contributed by atoms with Crippen LogP contribution in [0.5, 0.6) is 0 Å². The molecule has 1 N–H and O–H groups in total. The minimum absolute atomic E-state index is 0.178. The summed E-state index contributed by atoms with van der Waals surface area (Å²) in [6, 6.07) is 8.57. The maximum Gasteiger partial charge on any atom is 0.303 e. The second-order valence-corrected chi connectivity index (χ2v) is 5.47. The van der Waals surface area contributed by atoms with Crippen LogP contribution in [0.15, 0.2) is 24.3 Å². The zero-order valence-corrected chi connectivity index (χ0v) is 12.5. The third kappa shape index (κ3) is 2.93. The van der Waals surface area contributed by atoms with Crippen LogP contribution in [0, 0.1) is 27.7 Å². The fourth-order valence-electron chi connectivity index (χ4n) is 2.80. The van der Waals surface area contributed by atoms with Gasteiger partial charge in [-0.3, -0.25) is 4.79 Å². The number of aliphatic carboxylic acids is 1. The van der Waals surface area contributed by atoms with Crippen molar-refractivity contribution in [2.24, 2.45) is 0 Å². The second-order valence-electron chi connectivity index (χ2n) is 5.47. The Morgan fingerprint density at radius 2 is 1.65 bits per heavy atom. The van der Waals surface area contributed by atoms with Gasteiger partial charge in [0.1, 0.15) is 0 Å². The molecular weight excluding hydrogens is 250 g/mol. The van der Waals surface area contributed by atoms with Gasteiger partial charge in [0.05, 0.1) is 0 Å².